The molecule has 6 heteroatoms. The van der Waals surface area contributed by atoms with E-state index in [1.54, 1.807) is 7.11 Å². The molecule has 0 heterocycles. The van der Waals surface area contributed by atoms with Crippen LogP contribution in [0.3, 0.4) is 0 Å². The van der Waals surface area contributed by atoms with Gasteiger partial charge in [0.05, 0.1) is 13.7 Å². The van der Waals surface area contributed by atoms with Crippen molar-refractivity contribution in [3.63, 3.8) is 0 Å². The van der Waals surface area contributed by atoms with Gasteiger partial charge in [-0.05, 0) is 30.2 Å². The summed E-state index contributed by atoms with van der Waals surface area (Å²) in [7, 11) is 1.65. The number of hydrogen-bond donors (Lipinski definition) is 3. The van der Waals surface area contributed by atoms with Gasteiger partial charge in [-0.2, -0.15) is 0 Å². The number of aryl methyl sites for hydroxylation is 1. The summed E-state index contributed by atoms with van der Waals surface area (Å²) in [6.45, 7) is 5.70. The fourth-order valence-corrected chi connectivity index (χ4v) is 3.01. The van der Waals surface area contributed by atoms with Crippen molar-refractivity contribution in [1.82, 2.24) is 10.6 Å². The molecule has 0 aromatic heterocycles. The van der Waals surface area contributed by atoms with Crippen molar-refractivity contribution in [1.29, 1.82) is 0 Å². The molecule has 0 atom stereocenters. The largest absolute Gasteiger partial charge is 0.493 e. The molecule has 2 aromatic rings. The van der Waals surface area contributed by atoms with Gasteiger partial charge in [-0.25, -0.2) is 0 Å². The van der Waals surface area contributed by atoms with Crippen molar-refractivity contribution >= 4 is 15.9 Å². The van der Waals surface area contributed by atoms with E-state index in [0.29, 0.717) is 18.9 Å². The Balaban J connectivity index is 1.95. The van der Waals surface area contributed by atoms with E-state index in [9.17, 15) is 0 Å². The second-order valence-corrected chi connectivity index (χ2v) is 6.88. The quantitative estimate of drug-likeness (QED) is 0.485. The first kappa shape index (κ1) is 20.7. The van der Waals surface area contributed by atoms with Crippen molar-refractivity contribution in [3.8, 4) is 11.5 Å². The number of ether oxygens (including phenoxy) is 2. The topological polar surface area (TPSA) is 62.8 Å². The highest BCUT2D eigenvalue weighted by Crippen LogP contribution is 2.34. The zero-order valence-corrected chi connectivity index (χ0v) is 16.9. The summed E-state index contributed by atoms with van der Waals surface area (Å²) < 4.78 is 12.4. The van der Waals surface area contributed by atoms with Crippen LogP contribution in [-0.2, 0) is 13.2 Å². The molecule has 3 N–H and O–H groups in total. The highest BCUT2D eigenvalue weighted by Gasteiger charge is 2.10. The molecule has 0 amide bonds. The van der Waals surface area contributed by atoms with Crippen LogP contribution in [0, 0.1) is 6.92 Å². The van der Waals surface area contributed by atoms with E-state index in [1.807, 2.05) is 18.2 Å². The number of methoxy groups -OCH3 is 1. The Bertz CT molecular complexity index is 695. The van der Waals surface area contributed by atoms with Gasteiger partial charge in [0.2, 0.25) is 0 Å². The molecule has 0 spiro atoms. The number of aliphatic hydroxyl groups excluding tert-OH is 1. The fourth-order valence-electron chi connectivity index (χ4n) is 2.55. The van der Waals surface area contributed by atoms with E-state index >= 15 is 0 Å². The molecule has 2 aromatic carbocycles. The molecule has 0 unspecified atom stereocenters. The third kappa shape index (κ3) is 6.61. The van der Waals surface area contributed by atoms with Gasteiger partial charge in [0, 0.05) is 30.7 Å². The molecule has 0 aliphatic rings. The van der Waals surface area contributed by atoms with Gasteiger partial charge in [-0.15, -0.1) is 0 Å². The third-order valence-electron chi connectivity index (χ3n) is 3.89. The minimum Gasteiger partial charge on any atom is -0.493 e. The zero-order chi connectivity index (χ0) is 18.8. The van der Waals surface area contributed by atoms with Crippen LogP contribution in [0.15, 0.2) is 40.9 Å². The van der Waals surface area contributed by atoms with Gasteiger partial charge >= 0.3 is 0 Å². The lowest BCUT2D eigenvalue weighted by Gasteiger charge is -2.15. The molecule has 0 aliphatic heterocycles. The first-order valence-electron chi connectivity index (χ1n) is 8.71. The Morgan fingerprint density at radius 3 is 2.58 bits per heavy atom. The van der Waals surface area contributed by atoms with E-state index in [1.165, 1.54) is 5.56 Å². The second kappa shape index (κ2) is 11.2. The number of hydrogen-bond acceptors (Lipinski definition) is 5. The molecule has 0 saturated heterocycles. The maximum absolute atomic E-state index is 8.74. The summed E-state index contributed by atoms with van der Waals surface area (Å²) in [5.74, 6) is 1.44. The molecule has 5 nitrogen and oxygen atoms in total. The Labute approximate surface area is 163 Å². The summed E-state index contributed by atoms with van der Waals surface area (Å²) in [6.07, 6.45) is 0. The van der Waals surface area contributed by atoms with Gasteiger partial charge < -0.3 is 25.2 Å². The highest BCUT2D eigenvalue weighted by atomic mass is 79.9. The van der Waals surface area contributed by atoms with Crippen LogP contribution in [0.5, 0.6) is 11.5 Å². The highest BCUT2D eigenvalue weighted by molar-refractivity contribution is 9.10. The van der Waals surface area contributed by atoms with Gasteiger partial charge in [-0.1, -0.05) is 45.8 Å². The predicted octanol–water partition coefficient (Wildman–Crippen LogP) is 3.02. The number of halogens is 1. The fraction of sp³-hybridized carbons (Fsp3) is 0.400. The van der Waals surface area contributed by atoms with Crippen molar-refractivity contribution in [2.75, 3.05) is 33.4 Å². The molecule has 0 saturated carbocycles. The number of rotatable bonds is 11. The van der Waals surface area contributed by atoms with Crippen LogP contribution in [0.1, 0.15) is 16.7 Å². The van der Waals surface area contributed by atoms with Crippen LogP contribution in [0.4, 0.5) is 0 Å². The SMILES string of the molecule is COc1cc(CNCCNCCO)c(Br)cc1OCc1cccc(C)c1. The van der Waals surface area contributed by atoms with E-state index < -0.39 is 0 Å². The van der Waals surface area contributed by atoms with E-state index in [2.05, 4.69) is 51.7 Å². The lowest BCUT2D eigenvalue weighted by atomic mass is 10.1. The van der Waals surface area contributed by atoms with Crippen LogP contribution in [0.2, 0.25) is 0 Å². The summed E-state index contributed by atoms with van der Waals surface area (Å²) in [4.78, 5) is 0. The average molecular weight is 423 g/mol. The van der Waals surface area contributed by atoms with Gasteiger partial charge in [0.1, 0.15) is 6.61 Å². The number of aliphatic hydroxyl groups is 1. The van der Waals surface area contributed by atoms with Crippen molar-refractivity contribution in [3.05, 3.63) is 57.6 Å². The first-order valence-corrected chi connectivity index (χ1v) is 9.50. The molecule has 0 fully saturated rings. The minimum absolute atomic E-state index is 0.159. The molecule has 0 bridgehead atoms. The predicted molar refractivity (Wildman–Crippen MR) is 108 cm³/mol. The lowest BCUT2D eigenvalue weighted by Crippen LogP contribution is -2.28. The third-order valence-corrected chi connectivity index (χ3v) is 4.63. The minimum atomic E-state index is 0.159. The van der Waals surface area contributed by atoms with E-state index in [4.69, 9.17) is 14.6 Å². The van der Waals surface area contributed by atoms with Crippen molar-refractivity contribution < 1.29 is 14.6 Å². The van der Waals surface area contributed by atoms with E-state index in [0.717, 1.165) is 41.0 Å². The number of benzene rings is 2. The maximum atomic E-state index is 8.74. The van der Waals surface area contributed by atoms with E-state index in [-0.39, 0.29) is 6.61 Å². The molecule has 0 aliphatic carbocycles. The monoisotopic (exact) mass is 422 g/mol. The lowest BCUT2D eigenvalue weighted by molar-refractivity contribution is 0.284. The van der Waals surface area contributed by atoms with Gasteiger partial charge in [0.25, 0.3) is 0 Å². The molecule has 26 heavy (non-hydrogen) atoms. The van der Waals surface area contributed by atoms with Crippen LogP contribution in [0.25, 0.3) is 0 Å². The van der Waals surface area contributed by atoms with Gasteiger partial charge in [-0.3, -0.25) is 0 Å². The van der Waals surface area contributed by atoms with Crippen LogP contribution >= 0.6 is 15.9 Å². The summed E-state index contributed by atoms with van der Waals surface area (Å²) in [6, 6.07) is 12.2. The Morgan fingerprint density at radius 1 is 1.04 bits per heavy atom. The van der Waals surface area contributed by atoms with Gasteiger partial charge in [0.15, 0.2) is 11.5 Å². The Hall–Kier alpha value is -1.60. The normalized spacial score (nSPS) is 10.8. The molecular weight excluding hydrogens is 396 g/mol. The molecular formula is C20H27BrN2O3. The smallest absolute Gasteiger partial charge is 0.162 e. The Morgan fingerprint density at radius 2 is 1.85 bits per heavy atom. The molecule has 0 radical (unpaired) electrons. The summed E-state index contributed by atoms with van der Waals surface area (Å²) in [5.41, 5.74) is 3.45. The summed E-state index contributed by atoms with van der Waals surface area (Å²) >= 11 is 3.62. The van der Waals surface area contributed by atoms with Crippen LogP contribution < -0.4 is 20.1 Å². The first-order chi connectivity index (χ1) is 12.6. The molecule has 2 rings (SSSR count). The second-order valence-electron chi connectivity index (χ2n) is 6.02. The summed E-state index contributed by atoms with van der Waals surface area (Å²) in [5, 5.41) is 15.2. The Kier molecular flexibility index (Phi) is 8.91. The number of nitrogens with one attached hydrogen (secondary N) is 2. The maximum Gasteiger partial charge on any atom is 0.162 e. The van der Waals surface area contributed by atoms with Crippen molar-refractivity contribution in [2.45, 2.75) is 20.1 Å². The standard InChI is InChI=1S/C20H27BrN2O3/c1-15-4-3-5-16(10-15)14-26-20-12-18(21)17(11-19(20)25-2)13-23-7-6-22-8-9-24/h3-5,10-12,22-24H,6-9,13-14H2,1-2H3. The molecule has 142 valence electrons. The average Bonchev–Trinajstić information content (AvgIpc) is 2.64. The van der Waals surface area contributed by atoms with Crippen LogP contribution in [-0.4, -0.2) is 38.5 Å². The zero-order valence-electron chi connectivity index (χ0n) is 15.3. The van der Waals surface area contributed by atoms with Crippen molar-refractivity contribution in [2.24, 2.45) is 0 Å².